The zero-order valence-corrected chi connectivity index (χ0v) is 11.3. The van der Waals surface area contributed by atoms with Crippen molar-refractivity contribution in [3.8, 4) is 0 Å². The van der Waals surface area contributed by atoms with Crippen LogP contribution in [-0.4, -0.2) is 22.9 Å². The Morgan fingerprint density at radius 3 is 3.06 bits per heavy atom. The third-order valence-corrected chi connectivity index (χ3v) is 4.46. The van der Waals surface area contributed by atoms with Gasteiger partial charge < -0.3 is 10.3 Å². The van der Waals surface area contributed by atoms with Gasteiger partial charge in [0.15, 0.2) is 0 Å². The van der Waals surface area contributed by atoms with Gasteiger partial charge in [-0.2, -0.15) is 0 Å². The van der Waals surface area contributed by atoms with Gasteiger partial charge in [0.1, 0.15) is 0 Å². The summed E-state index contributed by atoms with van der Waals surface area (Å²) in [7, 11) is 0. The van der Waals surface area contributed by atoms with Crippen LogP contribution in [0.1, 0.15) is 24.3 Å². The van der Waals surface area contributed by atoms with E-state index in [4.69, 9.17) is 0 Å². The fourth-order valence-electron chi connectivity index (χ4n) is 2.78. The zero-order valence-electron chi connectivity index (χ0n) is 9.75. The van der Waals surface area contributed by atoms with Crippen LogP contribution in [0.4, 0.5) is 0 Å². The molecule has 0 spiro atoms. The summed E-state index contributed by atoms with van der Waals surface area (Å²) >= 11 is 3.67. The van der Waals surface area contributed by atoms with Crippen LogP contribution >= 0.6 is 15.9 Å². The molecule has 1 fully saturated rings. The number of hydrogen-bond acceptors (Lipinski definition) is 1. The van der Waals surface area contributed by atoms with E-state index in [9.17, 15) is 0 Å². The molecular formula is C14H17BrN2. The molecule has 2 unspecified atom stereocenters. The average molecular weight is 293 g/mol. The topological polar surface area (TPSA) is 27.8 Å². The zero-order chi connectivity index (χ0) is 11.7. The minimum absolute atomic E-state index is 0.574. The Labute approximate surface area is 110 Å². The number of rotatable bonds is 3. The van der Waals surface area contributed by atoms with Gasteiger partial charge in [0.25, 0.3) is 0 Å². The maximum absolute atomic E-state index is 3.67. The smallest absolute Gasteiger partial charge is 0.0456 e. The van der Waals surface area contributed by atoms with Crippen molar-refractivity contribution in [2.75, 3.05) is 11.9 Å². The van der Waals surface area contributed by atoms with Crippen LogP contribution in [0.25, 0.3) is 10.9 Å². The maximum atomic E-state index is 3.67. The lowest BCUT2D eigenvalue weighted by Gasteiger charge is -2.22. The van der Waals surface area contributed by atoms with E-state index in [1.54, 1.807) is 0 Å². The Balaban J connectivity index is 1.93. The van der Waals surface area contributed by atoms with Crippen LogP contribution in [0.3, 0.4) is 0 Å². The maximum Gasteiger partial charge on any atom is 0.0456 e. The van der Waals surface area contributed by atoms with Crippen molar-refractivity contribution in [1.29, 1.82) is 0 Å². The highest BCUT2D eigenvalue weighted by Crippen LogP contribution is 2.29. The second-order valence-electron chi connectivity index (χ2n) is 4.79. The number of benzene rings is 1. The Bertz CT molecular complexity index is 500. The van der Waals surface area contributed by atoms with E-state index in [1.165, 1.54) is 35.9 Å². The van der Waals surface area contributed by atoms with Crippen LogP contribution in [0.2, 0.25) is 0 Å². The molecule has 1 aliphatic rings. The van der Waals surface area contributed by atoms with Crippen LogP contribution in [0, 0.1) is 0 Å². The Hall–Kier alpha value is -0.800. The third-order valence-electron chi connectivity index (χ3n) is 3.76. The van der Waals surface area contributed by atoms with Crippen molar-refractivity contribution < 1.29 is 0 Å². The number of halogens is 1. The number of H-pyrrole nitrogens is 1. The summed E-state index contributed by atoms with van der Waals surface area (Å²) in [4.78, 5) is 3.29. The van der Waals surface area contributed by atoms with E-state index in [0.29, 0.717) is 12.0 Å². The minimum Gasteiger partial charge on any atom is -0.361 e. The molecule has 0 saturated carbocycles. The van der Waals surface area contributed by atoms with Crippen LogP contribution in [0.15, 0.2) is 30.5 Å². The number of aromatic nitrogens is 1. The number of fused-ring (bicyclic) bond motifs is 1. The van der Waals surface area contributed by atoms with Crippen molar-refractivity contribution in [2.24, 2.45) is 0 Å². The number of hydrogen-bond donors (Lipinski definition) is 2. The predicted octanol–water partition coefficient (Wildman–Crippen LogP) is 3.40. The van der Waals surface area contributed by atoms with Crippen LogP contribution < -0.4 is 5.32 Å². The highest BCUT2D eigenvalue weighted by Gasteiger charge is 2.25. The van der Waals surface area contributed by atoms with Gasteiger partial charge in [-0.3, -0.25) is 0 Å². The summed E-state index contributed by atoms with van der Waals surface area (Å²) in [5, 5.41) is 5.93. The van der Waals surface area contributed by atoms with Crippen molar-refractivity contribution in [2.45, 2.75) is 24.8 Å². The summed E-state index contributed by atoms with van der Waals surface area (Å²) < 4.78 is 0. The summed E-state index contributed by atoms with van der Waals surface area (Å²) in [6, 6.07) is 9.52. The summed E-state index contributed by atoms with van der Waals surface area (Å²) in [6.45, 7) is 1.17. The Kier molecular flexibility index (Phi) is 3.21. The predicted molar refractivity (Wildman–Crippen MR) is 75.9 cm³/mol. The molecule has 2 aromatic rings. The van der Waals surface area contributed by atoms with E-state index in [-0.39, 0.29) is 0 Å². The first-order valence-corrected chi connectivity index (χ1v) is 7.37. The largest absolute Gasteiger partial charge is 0.361 e. The molecule has 0 amide bonds. The van der Waals surface area contributed by atoms with Crippen LogP contribution in [0.5, 0.6) is 0 Å². The molecule has 2 heterocycles. The highest BCUT2D eigenvalue weighted by molar-refractivity contribution is 9.09. The van der Waals surface area contributed by atoms with E-state index in [2.05, 4.69) is 50.5 Å². The van der Waals surface area contributed by atoms with Crippen molar-refractivity contribution in [3.05, 3.63) is 36.0 Å². The fraction of sp³-hybridized carbons (Fsp3) is 0.429. The van der Waals surface area contributed by atoms with Crippen molar-refractivity contribution >= 4 is 26.8 Å². The molecule has 3 heteroatoms. The first-order chi connectivity index (χ1) is 8.38. The van der Waals surface area contributed by atoms with Gasteiger partial charge in [0.2, 0.25) is 0 Å². The van der Waals surface area contributed by atoms with Gasteiger partial charge in [-0.05, 0) is 42.5 Å². The average Bonchev–Trinajstić information content (AvgIpc) is 2.99. The molecule has 3 rings (SSSR count). The molecular weight excluding hydrogens is 276 g/mol. The lowest BCUT2D eigenvalue weighted by molar-refractivity contribution is 0.525. The van der Waals surface area contributed by atoms with Crippen molar-refractivity contribution in [1.82, 2.24) is 10.3 Å². The molecule has 1 aromatic carbocycles. The first-order valence-electron chi connectivity index (χ1n) is 6.25. The second kappa shape index (κ2) is 4.83. The Morgan fingerprint density at radius 1 is 1.35 bits per heavy atom. The lowest BCUT2D eigenvalue weighted by Crippen LogP contribution is -2.29. The van der Waals surface area contributed by atoms with Gasteiger partial charge >= 0.3 is 0 Å². The van der Waals surface area contributed by atoms with Gasteiger partial charge in [-0.1, -0.05) is 28.1 Å². The molecule has 0 aliphatic carbocycles. The Morgan fingerprint density at radius 2 is 2.29 bits per heavy atom. The molecule has 1 aromatic heterocycles. The van der Waals surface area contributed by atoms with Gasteiger partial charge in [0.05, 0.1) is 0 Å². The van der Waals surface area contributed by atoms with E-state index >= 15 is 0 Å². The molecule has 2 nitrogen and oxygen atoms in total. The molecule has 0 bridgehead atoms. The van der Waals surface area contributed by atoms with Crippen molar-refractivity contribution in [3.63, 3.8) is 0 Å². The second-order valence-corrected chi connectivity index (χ2v) is 5.44. The SMILES string of the molecule is BrCC(c1ccc2cc[nH]c2c1)C1CCCN1. The van der Waals surface area contributed by atoms with Gasteiger partial charge in [0, 0.05) is 29.0 Å². The first kappa shape index (κ1) is 11.3. The number of nitrogens with one attached hydrogen (secondary N) is 2. The van der Waals surface area contributed by atoms with Crippen LogP contribution in [-0.2, 0) is 0 Å². The van der Waals surface area contributed by atoms with E-state index in [0.717, 1.165) is 5.33 Å². The van der Waals surface area contributed by atoms with Gasteiger partial charge in [-0.25, -0.2) is 0 Å². The highest BCUT2D eigenvalue weighted by atomic mass is 79.9. The molecule has 90 valence electrons. The molecule has 0 radical (unpaired) electrons. The van der Waals surface area contributed by atoms with Gasteiger partial charge in [-0.15, -0.1) is 0 Å². The summed E-state index contributed by atoms with van der Waals surface area (Å²) in [5.74, 6) is 0.574. The molecule has 17 heavy (non-hydrogen) atoms. The summed E-state index contributed by atoms with van der Waals surface area (Å²) in [5.41, 5.74) is 2.67. The molecule has 1 aliphatic heterocycles. The number of aromatic amines is 1. The minimum atomic E-state index is 0.574. The third kappa shape index (κ3) is 2.14. The molecule has 1 saturated heterocycles. The normalized spacial score (nSPS) is 22.1. The quantitative estimate of drug-likeness (QED) is 0.834. The molecule has 2 atom stereocenters. The standard InChI is InChI=1S/C14H17BrN2/c15-9-12(13-2-1-6-16-13)11-4-3-10-5-7-17-14(10)8-11/h3-5,7-8,12-13,16-17H,1-2,6,9H2. The lowest BCUT2D eigenvalue weighted by atomic mass is 9.92. The van der Waals surface area contributed by atoms with E-state index in [1.807, 2.05) is 6.20 Å². The molecule has 2 N–H and O–H groups in total. The van der Waals surface area contributed by atoms with E-state index < -0.39 is 0 Å². The number of alkyl halides is 1. The fourth-order valence-corrected chi connectivity index (χ4v) is 3.61. The summed E-state index contributed by atoms with van der Waals surface area (Å²) in [6.07, 6.45) is 4.60. The monoisotopic (exact) mass is 292 g/mol.